The number of ether oxygens (including phenoxy) is 1. The fourth-order valence-corrected chi connectivity index (χ4v) is 2.75. The molecule has 0 fully saturated rings. The van der Waals surface area contributed by atoms with Gasteiger partial charge in [-0.2, -0.15) is 0 Å². The molecule has 0 saturated heterocycles. The molecule has 30 heavy (non-hydrogen) atoms. The summed E-state index contributed by atoms with van der Waals surface area (Å²) in [4.78, 5) is 16.7. The second-order valence-electron chi connectivity index (χ2n) is 7.99. The van der Waals surface area contributed by atoms with Crippen LogP contribution in [-0.4, -0.2) is 37.1 Å². The number of para-hydroxylation sites is 1. The summed E-state index contributed by atoms with van der Waals surface area (Å²) in [5.74, 6) is 1.76. The van der Waals surface area contributed by atoms with Crippen LogP contribution < -0.4 is 20.7 Å². The molecule has 164 valence electrons. The number of hydrogen-bond donors (Lipinski definition) is 3. The highest BCUT2D eigenvalue weighted by molar-refractivity contribution is 5.92. The Bertz CT molecular complexity index is 837. The molecule has 2 rings (SSSR count). The van der Waals surface area contributed by atoms with Crippen molar-refractivity contribution in [2.24, 2.45) is 4.99 Å². The first-order valence-electron chi connectivity index (χ1n) is 10.4. The number of furan rings is 1. The summed E-state index contributed by atoms with van der Waals surface area (Å²) in [6.07, 6.45) is 2.29. The van der Waals surface area contributed by atoms with Gasteiger partial charge in [0.2, 0.25) is 0 Å². The highest BCUT2D eigenvalue weighted by atomic mass is 16.5. The van der Waals surface area contributed by atoms with E-state index < -0.39 is 0 Å². The number of aryl methyl sites for hydroxylation is 1. The van der Waals surface area contributed by atoms with Gasteiger partial charge in [-0.05, 0) is 53.2 Å². The van der Waals surface area contributed by atoms with Crippen LogP contribution in [0.4, 0.5) is 0 Å². The van der Waals surface area contributed by atoms with E-state index in [-0.39, 0.29) is 11.5 Å². The SMILES string of the molecule is CCNC(=NCc1ccccc1OC(C)(C)C)NCCCNC(=O)c1occc1C. The summed E-state index contributed by atoms with van der Waals surface area (Å²) in [6.45, 7) is 12.5. The predicted molar refractivity (Wildman–Crippen MR) is 120 cm³/mol. The maximum absolute atomic E-state index is 12.0. The molecule has 0 spiro atoms. The van der Waals surface area contributed by atoms with Gasteiger partial charge >= 0.3 is 0 Å². The maximum Gasteiger partial charge on any atom is 0.287 e. The summed E-state index contributed by atoms with van der Waals surface area (Å²) < 4.78 is 11.2. The van der Waals surface area contributed by atoms with Crippen LogP contribution in [0.5, 0.6) is 5.75 Å². The Hall–Kier alpha value is -2.96. The molecule has 3 N–H and O–H groups in total. The molecule has 1 amide bonds. The fraction of sp³-hybridized carbons (Fsp3) is 0.478. The van der Waals surface area contributed by atoms with E-state index >= 15 is 0 Å². The van der Waals surface area contributed by atoms with Crippen molar-refractivity contribution in [1.29, 1.82) is 0 Å². The second kappa shape index (κ2) is 11.3. The molecule has 0 radical (unpaired) electrons. The third kappa shape index (κ3) is 7.81. The van der Waals surface area contributed by atoms with Crippen molar-refractivity contribution in [2.45, 2.75) is 53.2 Å². The van der Waals surface area contributed by atoms with E-state index in [2.05, 4.69) is 20.9 Å². The summed E-state index contributed by atoms with van der Waals surface area (Å²) in [5, 5.41) is 9.42. The van der Waals surface area contributed by atoms with Gasteiger partial charge in [-0.15, -0.1) is 0 Å². The molecule has 1 heterocycles. The number of nitrogens with zero attached hydrogens (tertiary/aromatic N) is 1. The number of rotatable bonds is 9. The van der Waals surface area contributed by atoms with Crippen molar-refractivity contribution < 1.29 is 13.9 Å². The van der Waals surface area contributed by atoms with E-state index in [1.807, 2.05) is 58.9 Å². The lowest BCUT2D eigenvalue weighted by atomic mass is 10.1. The van der Waals surface area contributed by atoms with Crippen molar-refractivity contribution in [3.05, 3.63) is 53.5 Å². The molecule has 1 aromatic carbocycles. The molecule has 0 aliphatic carbocycles. The second-order valence-corrected chi connectivity index (χ2v) is 7.99. The van der Waals surface area contributed by atoms with E-state index in [0.717, 1.165) is 35.8 Å². The fourth-order valence-electron chi connectivity index (χ4n) is 2.75. The lowest BCUT2D eigenvalue weighted by Crippen LogP contribution is -2.38. The highest BCUT2D eigenvalue weighted by Gasteiger charge is 2.14. The van der Waals surface area contributed by atoms with E-state index in [4.69, 9.17) is 9.15 Å². The van der Waals surface area contributed by atoms with Gasteiger partial charge in [0.05, 0.1) is 12.8 Å². The number of carbonyl (C=O) groups is 1. The first-order chi connectivity index (χ1) is 14.3. The Morgan fingerprint density at radius 2 is 1.83 bits per heavy atom. The van der Waals surface area contributed by atoms with Crippen LogP contribution in [0.1, 0.15) is 55.8 Å². The first-order valence-corrected chi connectivity index (χ1v) is 10.4. The zero-order valence-corrected chi connectivity index (χ0v) is 18.7. The number of benzene rings is 1. The number of guanidine groups is 1. The van der Waals surface area contributed by atoms with Gasteiger partial charge in [0, 0.05) is 30.8 Å². The van der Waals surface area contributed by atoms with Crippen LogP contribution in [0.15, 0.2) is 46.0 Å². The van der Waals surface area contributed by atoms with Gasteiger partial charge in [-0.3, -0.25) is 4.79 Å². The van der Waals surface area contributed by atoms with Crippen molar-refractivity contribution in [1.82, 2.24) is 16.0 Å². The van der Waals surface area contributed by atoms with E-state index in [1.54, 1.807) is 6.07 Å². The average Bonchev–Trinajstić information content (AvgIpc) is 3.11. The first kappa shape index (κ1) is 23.3. The number of nitrogens with one attached hydrogen (secondary N) is 3. The average molecular weight is 415 g/mol. The van der Waals surface area contributed by atoms with Crippen LogP contribution >= 0.6 is 0 Å². The monoisotopic (exact) mass is 414 g/mol. The largest absolute Gasteiger partial charge is 0.488 e. The van der Waals surface area contributed by atoms with Crippen molar-refractivity contribution in [3.63, 3.8) is 0 Å². The molecule has 0 atom stereocenters. The Balaban J connectivity index is 1.84. The molecule has 7 nitrogen and oxygen atoms in total. The number of hydrogen-bond acceptors (Lipinski definition) is 4. The van der Waals surface area contributed by atoms with E-state index in [1.165, 1.54) is 6.26 Å². The number of amides is 1. The minimum Gasteiger partial charge on any atom is -0.488 e. The molecule has 0 bridgehead atoms. The van der Waals surface area contributed by atoms with Gasteiger partial charge < -0.3 is 25.1 Å². The molecule has 0 unspecified atom stereocenters. The van der Waals surface area contributed by atoms with E-state index in [9.17, 15) is 4.79 Å². The molecular formula is C23H34N4O3. The Kier molecular flexibility index (Phi) is 8.77. The molecule has 0 aliphatic rings. The number of carbonyl (C=O) groups excluding carboxylic acids is 1. The third-order valence-corrected chi connectivity index (χ3v) is 4.14. The van der Waals surface area contributed by atoms with Crippen LogP contribution in [0.2, 0.25) is 0 Å². The molecule has 0 aliphatic heterocycles. The molecule has 0 saturated carbocycles. The minimum atomic E-state index is -0.263. The summed E-state index contributed by atoms with van der Waals surface area (Å²) in [5.41, 5.74) is 1.61. The van der Waals surface area contributed by atoms with Crippen molar-refractivity contribution in [2.75, 3.05) is 19.6 Å². The van der Waals surface area contributed by atoms with Gasteiger partial charge in [0.25, 0.3) is 5.91 Å². The number of aliphatic imine (C=N–C) groups is 1. The van der Waals surface area contributed by atoms with Crippen LogP contribution in [0.25, 0.3) is 0 Å². The lowest BCUT2D eigenvalue weighted by Gasteiger charge is -2.23. The van der Waals surface area contributed by atoms with Crippen LogP contribution in [0.3, 0.4) is 0 Å². The Morgan fingerprint density at radius 1 is 1.10 bits per heavy atom. The van der Waals surface area contributed by atoms with Gasteiger partial charge in [-0.1, -0.05) is 18.2 Å². The Morgan fingerprint density at radius 3 is 2.50 bits per heavy atom. The van der Waals surface area contributed by atoms with Crippen LogP contribution in [0, 0.1) is 6.92 Å². The molecule has 1 aromatic heterocycles. The smallest absolute Gasteiger partial charge is 0.287 e. The van der Waals surface area contributed by atoms with Gasteiger partial charge in [0.15, 0.2) is 11.7 Å². The zero-order valence-electron chi connectivity index (χ0n) is 18.7. The van der Waals surface area contributed by atoms with Crippen molar-refractivity contribution in [3.8, 4) is 5.75 Å². The summed E-state index contributed by atoms with van der Waals surface area (Å²) in [7, 11) is 0. The quantitative estimate of drug-likeness (QED) is 0.331. The highest BCUT2D eigenvalue weighted by Crippen LogP contribution is 2.23. The maximum atomic E-state index is 12.0. The third-order valence-electron chi connectivity index (χ3n) is 4.14. The Labute approximate surface area is 179 Å². The molecule has 2 aromatic rings. The standard InChI is InChI=1S/C23H34N4O3/c1-6-24-22(26-14-9-13-25-21(28)20-17(2)12-15-29-20)27-16-18-10-7-8-11-19(18)30-23(3,4)5/h7-8,10-12,15H,6,9,13-14,16H2,1-5H3,(H,25,28)(H2,24,26,27). The normalized spacial score (nSPS) is 11.8. The summed E-state index contributed by atoms with van der Waals surface area (Å²) in [6, 6.07) is 9.74. The van der Waals surface area contributed by atoms with Gasteiger partial charge in [0.1, 0.15) is 11.4 Å². The molecule has 7 heteroatoms. The zero-order chi connectivity index (χ0) is 22.0. The topological polar surface area (TPSA) is 87.9 Å². The van der Waals surface area contributed by atoms with E-state index in [0.29, 0.717) is 25.4 Å². The van der Waals surface area contributed by atoms with Gasteiger partial charge in [-0.25, -0.2) is 4.99 Å². The lowest BCUT2D eigenvalue weighted by molar-refractivity contribution is 0.0924. The minimum absolute atomic E-state index is 0.187. The van der Waals surface area contributed by atoms with Crippen LogP contribution in [-0.2, 0) is 6.54 Å². The van der Waals surface area contributed by atoms with Crippen molar-refractivity contribution >= 4 is 11.9 Å². The summed E-state index contributed by atoms with van der Waals surface area (Å²) >= 11 is 0. The molecular weight excluding hydrogens is 380 g/mol. The predicted octanol–water partition coefficient (Wildman–Crippen LogP) is 3.64.